The highest BCUT2D eigenvalue weighted by Gasteiger charge is 2.36. The van der Waals surface area contributed by atoms with Gasteiger partial charge in [0, 0.05) is 37.6 Å². The Hall–Kier alpha value is -3.53. The van der Waals surface area contributed by atoms with Gasteiger partial charge in [0.1, 0.15) is 11.7 Å². The van der Waals surface area contributed by atoms with Crippen molar-refractivity contribution in [3.63, 3.8) is 0 Å². The number of hydrogen-bond acceptors (Lipinski definition) is 6. The third-order valence-corrected chi connectivity index (χ3v) is 6.22. The van der Waals surface area contributed by atoms with E-state index in [4.69, 9.17) is 0 Å². The summed E-state index contributed by atoms with van der Waals surface area (Å²) in [6, 6.07) is 5.29. The van der Waals surface area contributed by atoms with E-state index in [0.29, 0.717) is 28.0 Å². The van der Waals surface area contributed by atoms with Crippen LogP contribution in [0.3, 0.4) is 0 Å². The lowest BCUT2D eigenvalue weighted by Gasteiger charge is -2.35. The molecule has 9 nitrogen and oxygen atoms in total. The van der Waals surface area contributed by atoms with E-state index < -0.39 is 11.8 Å². The Bertz CT molecular complexity index is 1250. The molecule has 2 aliphatic heterocycles. The first-order valence-corrected chi connectivity index (χ1v) is 10.9. The van der Waals surface area contributed by atoms with Crippen molar-refractivity contribution in [1.29, 1.82) is 0 Å². The summed E-state index contributed by atoms with van der Waals surface area (Å²) in [5.74, 6) is -0.624. The number of carbonyl (C=O) groups is 2. The predicted octanol–water partition coefficient (Wildman–Crippen LogP) is 2.26. The number of carbonyl (C=O) groups excluding carboxylic acids is 2. The minimum atomic E-state index is -1.58. The van der Waals surface area contributed by atoms with Crippen molar-refractivity contribution >= 4 is 28.8 Å². The molecule has 1 unspecified atom stereocenters. The smallest absolute Gasteiger partial charge is 0.261 e. The van der Waals surface area contributed by atoms with Crippen molar-refractivity contribution in [3.8, 4) is 0 Å². The summed E-state index contributed by atoms with van der Waals surface area (Å²) in [6.07, 6.45) is 4.23. The number of aromatic nitrogens is 3. The van der Waals surface area contributed by atoms with Gasteiger partial charge in [-0.15, -0.1) is 0 Å². The third kappa shape index (κ3) is 3.80. The zero-order valence-corrected chi connectivity index (χ0v) is 18.5. The summed E-state index contributed by atoms with van der Waals surface area (Å²) in [6.45, 7) is 4.43. The van der Waals surface area contributed by atoms with Gasteiger partial charge in [-0.25, -0.2) is 13.9 Å². The number of benzene rings is 1. The van der Waals surface area contributed by atoms with Crippen LogP contribution in [-0.4, -0.2) is 67.8 Å². The van der Waals surface area contributed by atoms with E-state index in [2.05, 4.69) is 20.3 Å². The third-order valence-electron chi connectivity index (χ3n) is 6.22. The maximum Gasteiger partial charge on any atom is 0.261 e. The lowest BCUT2D eigenvalue weighted by Crippen LogP contribution is -2.42. The van der Waals surface area contributed by atoms with E-state index in [1.54, 1.807) is 30.6 Å². The van der Waals surface area contributed by atoms with Gasteiger partial charge in [0.25, 0.3) is 11.8 Å². The Morgan fingerprint density at radius 3 is 2.82 bits per heavy atom. The standard InChI is InChI=1S/C23H25FN6O3/c1-23(2,33)19(24)13-29-12-14-9-17(18(28-6-4-7-28)10-15(14)22(29)32)27-21(31)16-11-26-30-8-3-5-25-20(16)30/h3,5,8-11,19,33H,4,6-7,12-13H2,1-2H3,(H,27,31). The summed E-state index contributed by atoms with van der Waals surface area (Å²) in [5.41, 5.74) is 1.79. The SMILES string of the molecule is CC(C)(O)C(F)CN1Cc2cc(NC(=O)c3cnn4cccnc34)c(N3CCC3)cc2C1=O. The molecule has 5 rings (SSSR count). The Morgan fingerprint density at radius 2 is 2.12 bits per heavy atom. The van der Waals surface area contributed by atoms with Crippen molar-refractivity contribution in [2.24, 2.45) is 0 Å². The van der Waals surface area contributed by atoms with Gasteiger partial charge in [-0.3, -0.25) is 9.59 Å². The number of nitrogens with zero attached hydrogens (tertiary/aromatic N) is 5. The molecule has 1 atom stereocenters. The Morgan fingerprint density at radius 1 is 1.33 bits per heavy atom. The second-order valence-electron chi connectivity index (χ2n) is 9.07. The molecule has 1 fully saturated rings. The first-order chi connectivity index (χ1) is 15.7. The molecule has 2 aromatic heterocycles. The molecule has 0 saturated carbocycles. The number of fused-ring (bicyclic) bond motifs is 2. The number of nitrogens with one attached hydrogen (secondary N) is 1. The number of aliphatic hydroxyl groups is 1. The number of rotatable bonds is 6. The summed E-state index contributed by atoms with van der Waals surface area (Å²) in [5, 5.41) is 17.1. The molecule has 2 amide bonds. The van der Waals surface area contributed by atoms with Crippen LogP contribution in [0.25, 0.3) is 5.65 Å². The van der Waals surface area contributed by atoms with Gasteiger partial charge in [0.2, 0.25) is 0 Å². The molecule has 3 aromatic rings. The minimum absolute atomic E-state index is 0.203. The average Bonchev–Trinajstić information content (AvgIpc) is 3.28. The van der Waals surface area contributed by atoms with Gasteiger partial charge >= 0.3 is 0 Å². The van der Waals surface area contributed by atoms with Gasteiger partial charge in [-0.1, -0.05) is 0 Å². The molecular weight excluding hydrogens is 427 g/mol. The lowest BCUT2D eigenvalue weighted by molar-refractivity contribution is -0.0159. The molecule has 172 valence electrons. The second kappa shape index (κ2) is 7.80. The molecule has 1 saturated heterocycles. The van der Waals surface area contributed by atoms with Crippen LogP contribution in [0.5, 0.6) is 0 Å². The van der Waals surface area contributed by atoms with Crippen LogP contribution in [-0.2, 0) is 6.54 Å². The molecule has 0 radical (unpaired) electrons. The van der Waals surface area contributed by atoms with Crippen molar-refractivity contribution in [1.82, 2.24) is 19.5 Å². The Labute approximate surface area is 189 Å². The van der Waals surface area contributed by atoms with Crippen molar-refractivity contribution < 1.29 is 19.1 Å². The predicted molar refractivity (Wildman–Crippen MR) is 120 cm³/mol. The molecular formula is C23H25FN6O3. The van der Waals surface area contributed by atoms with Gasteiger partial charge in [0.15, 0.2) is 5.65 Å². The summed E-state index contributed by atoms with van der Waals surface area (Å²) in [4.78, 5) is 33.8. The van der Waals surface area contributed by atoms with Crippen LogP contribution in [0.15, 0.2) is 36.8 Å². The maximum atomic E-state index is 14.4. The van der Waals surface area contributed by atoms with Gasteiger partial charge in [-0.05, 0) is 44.0 Å². The average molecular weight is 452 g/mol. The fourth-order valence-corrected chi connectivity index (χ4v) is 4.07. The van der Waals surface area contributed by atoms with Crippen LogP contribution >= 0.6 is 0 Å². The fraction of sp³-hybridized carbons (Fsp3) is 0.391. The molecule has 0 bridgehead atoms. The maximum absolute atomic E-state index is 14.4. The molecule has 0 spiro atoms. The van der Waals surface area contributed by atoms with Gasteiger partial charge in [0.05, 0.1) is 29.7 Å². The molecule has 2 aliphatic rings. The second-order valence-corrected chi connectivity index (χ2v) is 9.07. The van der Waals surface area contributed by atoms with E-state index in [0.717, 1.165) is 25.2 Å². The molecule has 33 heavy (non-hydrogen) atoms. The molecule has 0 aliphatic carbocycles. The zero-order valence-electron chi connectivity index (χ0n) is 18.5. The largest absolute Gasteiger partial charge is 0.387 e. The number of anilines is 2. The summed E-state index contributed by atoms with van der Waals surface area (Å²) in [7, 11) is 0. The minimum Gasteiger partial charge on any atom is -0.387 e. The van der Waals surface area contributed by atoms with Crippen LogP contribution in [0.2, 0.25) is 0 Å². The van der Waals surface area contributed by atoms with Crippen LogP contribution < -0.4 is 10.2 Å². The number of hydrogen-bond donors (Lipinski definition) is 2. The number of halogens is 1. The van der Waals surface area contributed by atoms with Crippen molar-refractivity contribution in [2.45, 2.75) is 38.6 Å². The highest BCUT2D eigenvalue weighted by molar-refractivity contribution is 6.10. The summed E-state index contributed by atoms with van der Waals surface area (Å²) >= 11 is 0. The van der Waals surface area contributed by atoms with Gasteiger partial charge in [-0.2, -0.15) is 5.10 Å². The topological polar surface area (TPSA) is 103 Å². The van der Waals surface area contributed by atoms with Crippen molar-refractivity contribution in [3.05, 3.63) is 53.5 Å². The van der Waals surface area contributed by atoms with Gasteiger partial charge < -0.3 is 20.2 Å². The van der Waals surface area contributed by atoms with E-state index in [9.17, 15) is 19.1 Å². The lowest BCUT2D eigenvalue weighted by atomic mass is 10.0. The Kier molecular flexibility index (Phi) is 5.04. The van der Waals surface area contributed by atoms with Crippen LogP contribution in [0.4, 0.5) is 15.8 Å². The fourth-order valence-electron chi connectivity index (χ4n) is 4.07. The molecule has 4 heterocycles. The van der Waals surface area contributed by atoms with E-state index in [-0.39, 0.29) is 24.9 Å². The first kappa shape index (κ1) is 21.3. The van der Waals surface area contributed by atoms with Crippen molar-refractivity contribution in [2.75, 3.05) is 29.9 Å². The van der Waals surface area contributed by atoms with E-state index in [1.165, 1.54) is 29.5 Å². The summed E-state index contributed by atoms with van der Waals surface area (Å²) < 4.78 is 16.0. The van der Waals surface area contributed by atoms with Crippen LogP contribution in [0.1, 0.15) is 46.5 Å². The normalized spacial score (nSPS) is 16.7. The quantitative estimate of drug-likeness (QED) is 0.595. The Balaban J connectivity index is 1.45. The monoisotopic (exact) mass is 452 g/mol. The zero-order chi connectivity index (χ0) is 23.3. The van der Waals surface area contributed by atoms with E-state index in [1.807, 2.05) is 0 Å². The number of amides is 2. The first-order valence-electron chi connectivity index (χ1n) is 10.9. The van der Waals surface area contributed by atoms with Crippen LogP contribution in [0, 0.1) is 0 Å². The van der Waals surface area contributed by atoms with E-state index >= 15 is 0 Å². The molecule has 10 heteroatoms. The highest BCUT2D eigenvalue weighted by atomic mass is 19.1. The molecule has 2 N–H and O–H groups in total. The molecule has 1 aromatic carbocycles. The number of alkyl halides is 1. The highest BCUT2D eigenvalue weighted by Crippen LogP contribution is 2.37.